The van der Waals surface area contributed by atoms with Crippen molar-refractivity contribution in [2.45, 2.75) is 5.75 Å². The standard InChI is InChI=1S/C17H17NO4S/c1-23(20,21)12-13-5-4-6-14(11-13)17(19)18-9-10-22-16-8-3-2-7-15(16)18/h2-8,11H,9-10,12H2,1H3. The molecule has 6 heteroatoms. The van der Waals surface area contributed by atoms with Crippen LogP contribution in [0.25, 0.3) is 0 Å². The third-order valence-electron chi connectivity index (χ3n) is 3.58. The number of rotatable bonds is 3. The molecular formula is C17H17NO4S. The van der Waals surface area contributed by atoms with E-state index in [1.807, 2.05) is 24.3 Å². The highest BCUT2D eigenvalue weighted by atomic mass is 32.2. The predicted molar refractivity (Wildman–Crippen MR) is 88.6 cm³/mol. The molecule has 0 saturated heterocycles. The van der Waals surface area contributed by atoms with Crippen molar-refractivity contribution in [2.24, 2.45) is 0 Å². The molecule has 2 aromatic carbocycles. The molecule has 2 aromatic rings. The van der Waals surface area contributed by atoms with Crippen LogP contribution in [0.2, 0.25) is 0 Å². The van der Waals surface area contributed by atoms with Crippen LogP contribution in [0.4, 0.5) is 5.69 Å². The second-order valence-corrected chi connectivity index (χ2v) is 7.68. The van der Waals surface area contributed by atoms with Crippen LogP contribution in [0.1, 0.15) is 15.9 Å². The molecule has 0 fully saturated rings. The quantitative estimate of drug-likeness (QED) is 0.865. The van der Waals surface area contributed by atoms with Gasteiger partial charge in [0.25, 0.3) is 5.91 Å². The fourth-order valence-corrected chi connectivity index (χ4v) is 3.42. The Labute approximate surface area is 135 Å². The summed E-state index contributed by atoms with van der Waals surface area (Å²) >= 11 is 0. The van der Waals surface area contributed by atoms with Crippen molar-refractivity contribution in [2.75, 3.05) is 24.3 Å². The molecule has 0 bridgehead atoms. The molecule has 1 amide bonds. The first kappa shape index (κ1) is 15.6. The number of ether oxygens (including phenoxy) is 1. The molecule has 1 aliphatic heterocycles. The van der Waals surface area contributed by atoms with E-state index in [4.69, 9.17) is 4.74 Å². The molecule has 0 radical (unpaired) electrons. The first-order valence-corrected chi connectivity index (χ1v) is 9.30. The van der Waals surface area contributed by atoms with E-state index in [2.05, 4.69) is 0 Å². The van der Waals surface area contributed by atoms with Crippen LogP contribution in [0.15, 0.2) is 48.5 Å². The molecular weight excluding hydrogens is 314 g/mol. The fourth-order valence-electron chi connectivity index (χ4n) is 2.63. The molecule has 3 rings (SSSR count). The molecule has 0 atom stereocenters. The third-order valence-corrected chi connectivity index (χ3v) is 4.43. The molecule has 120 valence electrons. The second-order valence-electron chi connectivity index (χ2n) is 5.54. The number of fused-ring (bicyclic) bond motifs is 1. The highest BCUT2D eigenvalue weighted by Crippen LogP contribution is 2.32. The lowest BCUT2D eigenvalue weighted by molar-refractivity contribution is 0.0976. The highest BCUT2D eigenvalue weighted by Gasteiger charge is 2.24. The van der Waals surface area contributed by atoms with Gasteiger partial charge in [-0.05, 0) is 29.8 Å². The summed E-state index contributed by atoms with van der Waals surface area (Å²) < 4.78 is 28.4. The van der Waals surface area contributed by atoms with E-state index in [0.717, 1.165) is 5.69 Å². The van der Waals surface area contributed by atoms with E-state index in [0.29, 0.717) is 30.0 Å². The Kier molecular flexibility index (Phi) is 4.09. The largest absolute Gasteiger partial charge is 0.490 e. The minimum atomic E-state index is -3.14. The van der Waals surface area contributed by atoms with Gasteiger partial charge < -0.3 is 9.64 Å². The number of hydrogen-bond donors (Lipinski definition) is 0. The van der Waals surface area contributed by atoms with Crippen LogP contribution in [-0.2, 0) is 15.6 Å². The fraction of sp³-hybridized carbons (Fsp3) is 0.235. The Morgan fingerprint density at radius 3 is 2.74 bits per heavy atom. The number of sulfone groups is 1. The monoisotopic (exact) mass is 331 g/mol. The zero-order valence-corrected chi connectivity index (χ0v) is 13.5. The van der Waals surface area contributed by atoms with Gasteiger partial charge in [-0.25, -0.2) is 8.42 Å². The number of anilines is 1. The van der Waals surface area contributed by atoms with Crippen LogP contribution < -0.4 is 9.64 Å². The van der Waals surface area contributed by atoms with Gasteiger partial charge in [-0.1, -0.05) is 24.3 Å². The van der Waals surface area contributed by atoms with Gasteiger partial charge in [-0.2, -0.15) is 0 Å². The average Bonchev–Trinajstić information content (AvgIpc) is 2.52. The lowest BCUT2D eigenvalue weighted by Gasteiger charge is -2.29. The number of benzene rings is 2. The van der Waals surface area contributed by atoms with Gasteiger partial charge in [0, 0.05) is 11.8 Å². The van der Waals surface area contributed by atoms with E-state index >= 15 is 0 Å². The van der Waals surface area contributed by atoms with Crippen LogP contribution in [0.5, 0.6) is 5.75 Å². The number of nitrogens with zero attached hydrogens (tertiary/aromatic N) is 1. The van der Waals surface area contributed by atoms with E-state index in [9.17, 15) is 13.2 Å². The average molecular weight is 331 g/mol. The van der Waals surface area contributed by atoms with Crippen LogP contribution in [-0.4, -0.2) is 33.7 Å². The Morgan fingerprint density at radius 2 is 1.96 bits per heavy atom. The van der Waals surface area contributed by atoms with Crippen molar-refractivity contribution >= 4 is 21.4 Å². The second kappa shape index (κ2) is 6.04. The molecule has 0 spiro atoms. The minimum absolute atomic E-state index is 0.0756. The summed E-state index contributed by atoms with van der Waals surface area (Å²) in [6.45, 7) is 0.901. The first-order valence-electron chi connectivity index (χ1n) is 7.24. The summed E-state index contributed by atoms with van der Waals surface area (Å²) in [5.41, 5.74) is 1.82. The number of para-hydroxylation sites is 2. The predicted octanol–water partition coefficient (Wildman–Crippen LogP) is 2.27. The van der Waals surface area contributed by atoms with Crippen molar-refractivity contribution in [1.82, 2.24) is 0 Å². The molecule has 5 nitrogen and oxygen atoms in total. The van der Waals surface area contributed by atoms with Crippen LogP contribution in [0, 0.1) is 0 Å². The number of carbonyl (C=O) groups excluding carboxylic acids is 1. The Bertz CT molecular complexity index is 845. The SMILES string of the molecule is CS(=O)(=O)Cc1cccc(C(=O)N2CCOc3ccccc32)c1. The first-order chi connectivity index (χ1) is 10.9. The molecule has 0 unspecified atom stereocenters. The summed E-state index contributed by atoms with van der Waals surface area (Å²) in [6, 6.07) is 14.1. The molecule has 0 aromatic heterocycles. The Hall–Kier alpha value is -2.34. The Balaban J connectivity index is 1.91. The van der Waals surface area contributed by atoms with Gasteiger partial charge in [0.1, 0.15) is 12.4 Å². The van der Waals surface area contributed by atoms with Gasteiger partial charge in [0.05, 0.1) is 18.0 Å². The number of carbonyl (C=O) groups is 1. The summed E-state index contributed by atoms with van der Waals surface area (Å²) in [5.74, 6) is 0.448. The van der Waals surface area contributed by atoms with Gasteiger partial charge in [-0.15, -0.1) is 0 Å². The van der Waals surface area contributed by atoms with Crippen LogP contribution >= 0.6 is 0 Å². The molecule has 1 aliphatic rings. The van der Waals surface area contributed by atoms with Crippen molar-refractivity contribution in [3.05, 3.63) is 59.7 Å². The third kappa shape index (κ3) is 3.53. The van der Waals surface area contributed by atoms with Crippen molar-refractivity contribution in [3.63, 3.8) is 0 Å². The molecule has 23 heavy (non-hydrogen) atoms. The van der Waals surface area contributed by atoms with Gasteiger partial charge in [0.2, 0.25) is 0 Å². The topological polar surface area (TPSA) is 63.7 Å². The molecule has 0 aliphatic carbocycles. The van der Waals surface area contributed by atoms with E-state index in [1.165, 1.54) is 6.26 Å². The van der Waals surface area contributed by atoms with Crippen molar-refractivity contribution in [3.8, 4) is 5.75 Å². The normalized spacial score (nSPS) is 14.0. The van der Waals surface area contributed by atoms with Gasteiger partial charge >= 0.3 is 0 Å². The smallest absolute Gasteiger partial charge is 0.258 e. The van der Waals surface area contributed by atoms with Crippen LogP contribution in [0.3, 0.4) is 0 Å². The van der Waals surface area contributed by atoms with Gasteiger partial charge in [0.15, 0.2) is 9.84 Å². The molecule has 1 heterocycles. The summed E-state index contributed by atoms with van der Waals surface area (Å²) in [6.07, 6.45) is 1.18. The summed E-state index contributed by atoms with van der Waals surface area (Å²) in [4.78, 5) is 14.5. The zero-order valence-electron chi connectivity index (χ0n) is 12.7. The van der Waals surface area contributed by atoms with E-state index < -0.39 is 9.84 Å². The maximum Gasteiger partial charge on any atom is 0.258 e. The van der Waals surface area contributed by atoms with E-state index in [1.54, 1.807) is 29.2 Å². The van der Waals surface area contributed by atoms with E-state index in [-0.39, 0.29) is 11.7 Å². The van der Waals surface area contributed by atoms with Crippen molar-refractivity contribution < 1.29 is 17.9 Å². The lowest BCUT2D eigenvalue weighted by Crippen LogP contribution is -2.37. The maximum atomic E-state index is 12.8. The van der Waals surface area contributed by atoms with Gasteiger partial charge in [-0.3, -0.25) is 4.79 Å². The zero-order chi connectivity index (χ0) is 16.4. The van der Waals surface area contributed by atoms with Crippen molar-refractivity contribution in [1.29, 1.82) is 0 Å². The summed E-state index contributed by atoms with van der Waals surface area (Å²) in [7, 11) is -3.14. The number of amides is 1. The summed E-state index contributed by atoms with van der Waals surface area (Å²) in [5, 5.41) is 0. The Morgan fingerprint density at radius 1 is 1.17 bits per heavy atom. The highest BCUT2D eigenvalue weighted by molar-refractivity contribution is 7.89. The number of hydrogen-bond acceptors (Lipinski definition) is 4. The maximum absolute atomic E-state index is 12.8. The lowest BCUT2D eigenvalue weighted by atomic mass is 10.1. The molecule has 0 N–H and O–H groups in total. The molecule has 0 saturated carbocycles. The minimum Gasteiger partial charge on any atom is -0.490 e.